The van der Waals surface area contributed by atoms with Gasteiger partial charge in [-0.15, -0.1) is 0 Å². The highest BCUT2D eigenvalue weighted by molar-refractivity contribution is 6.08. The molecular formula is C15H17O5. The molecule has 2 aliphatic rings. The van der Waals surface area contributed by atoms with Crippen LogP contribution in [-0.4, -0.2) is 30.9 Å². The van der Waals surface area contributed by atoms with Gasteiger partial charge in [0.25, 0.3) is 0 Å². The third kappa shape index (κ3) is 2.86. The number of rotatable bonds is 6. The van der Waals surface area contributed by atoms with Crippen LogP contribution in [0, 0.1) is 49.4 Å². The Labute approximate surface area is 119 Å². The molecule has 0 aromatic rings. The summed E-state index contributed by atoms with van der Waals surface area (Å²) in [5.74, 6) is -2.78. The first-order valence-corrected chi connectivity index (χ1v) is 6.71. The Balaban J connectivity index is 2.05. The first kappa shape index (κ1) is 15.0. The second-order valence-corrected chi connectivity index (χ2v) is 4.62. The van der Waals surface area contributed by atoms with Gasteiger partial charge in [-0.3, -0.25) is 14.4 Å². The van der Waals surface area contributed by atoms with Gasteiger partial charge < -0.3 is 9.47 Å². The number of ketones is 1. The van der Waals surface area contributed by atoms with E-state index in [2.05, 4.69) is 0 Å². The molecule has 5 nitrogen and oxygen atoms in total. The van der Waals surface area contributed by atoms with Crippen LogP contribution in [0.25, 0.3) is 0 Å². The molecule has 0 unspecified atom stereocenters. The highest BCUT2D eigenvalue weighted by Crippen LogP contribution is 2.51. The average molecular weight is 277 g/mol. The Morgan fingerprint density at radius 1 is 0.900 bits per heavy atom. The molecule has 5 radical (unpaired) electrons. The number of hydrogen-bond acceptors (Lipinski definition) is 5. The van der Waals surface area contributed by atoms with Gasteiger partial charge in [-0.1, -0.05) is 0 Å². The van der Waals surface area contributed by atoms with Crippen LogP contribution in [0.3, 0.4) is 0 Å². The lowest BCUT2D eigenvalue weighted by Crippen LogP contribution is -2.17. The van der Waals surface area contributed by atoms with E-state index in [1.165, 1.54) is 0 Å². The van der Waals surface area contributed by atoms with E-state index >= 15 is 0 Å². The van der Waals surface area contributed by atoms with E-state index in [4.69, 9.17) is 9.47 Å². The Hall–Kier alpha value is -1.39. The van der Waals surface area contributed by atoms with Crippen molar-refractivity contribution in [2.45, 2.75) is 13.8 Å². The topological polar surface area (TPSA) is 69.7 Å². The third-order valence-electron chi connectivity index (χ3n) is 3.39. The van der Waals surface area contributed by atoms with Crippen LogP contribution in [0.15, 0.2) is 0 Å². The molecule has 2 fully saturated rings. The number of esters is 2. The van der Waals surface area contributed by atoms with Crippen LogP contribution in [-0.2, 0) is 23.9 Å². The van der Waals surface area contributed by atoms with Crippen LogP contribution in [0.1, 0.15) is 13.8 Å². The number of ether oxygens (including phenoxy) is 2. The largest absolute Gasteiger partial charge is 0.466 e. The maximum Gasteiger partial charge on any atom is 0.310 e. The molecule has 20 heavy (non-hydrogen) atoms. The number of carbonyl (C=O) groups is 3. The summed E-state index contributed by atoms with van der Waals surface area (Å²) >= 11 is 0. The minimum Gasteiger partial charge on any atom is -0.466 e. The summed E-state index contributed by atoms with van der Waals surface area (Å²) in [7, 11) is 0. The smallest absolute Gasteiger partial charge is 0.310 e. The van der Waals surface area contributed by atoms with E-state index in [1.54, 1.807) is 39.5 Å². The van der Waals surface area contributed by atoms with E-state index < -0.39 is 29.7 Å². The second kappa shape index (κ2) is 6.37. The van der Waals surface area contributed by atoms with Crippen molar-refractivity contribution in [1.29, 1.82) is 0 Å². The minimum atomic E-state index is -0.712. The summed E-state index contributed by atoms with van der Waals surface area (Å²) < 4.78 is 9.85. The molecule has 107 valence electrons. The zero-order chi connectivity index (χ0) is 14.7. The number of hydrogen-bond donors (Lipinski definition) is 0. The predicted octanol–water partition coefficient (Wildman–Crippen LogP) is 0.949. The highest BCUT2D eigenvalue weighted by Gasteiger charge is 2.65. The minimum absolute atomic E-state index is 0.203. The molecule has 2 rings (SSSR count). The van der Waals surface area contributed by atoms with Crippen LogP contribution in [0.5, 0.6) is 0 Å². The molecule has 0 N–H and O–H groups in total. The summed E-state index contributed by atoms with van der Waals surface area (Å²) in [5, 5.41) is 0. The van der Waals surface area contributed by atoms with Gasteiger partial charge in [0.15, 0.2) is 0 Å². The number of Topliss-reactive ketones (excluding diaryl/α,β-unsaturated/α-hetero) is 1. The lowest BCUT2D eigenvalue weighted by molar-refractivity contribution is -0.150. The fraction of sp³-hybridized carbons (Fsp3) is 0.467. The van der Waals surface area contributed by atoms with E-state index in [-0.39, 0.29) is 19.0 Å². The summed E-state index contributed by atoms with van der Waals surface area (Å²) in [6, 6.07) is 0. The highest BCUT2D eigenvalue weighted by atomic mass is 16.5. The quantitative estimate of drug-likeness (QED) is 0.676. The standard InChI is InChI=1S/C15H17O5/c1-3-19-14(17)11-10(12(11)15(18)20-4-2)13(16)9-7-5-6-8-9/h5-8,10-12H,3-4H2,1-2H3/t11-,12-/m1/s1. The molecule has 2 atom stereocenters. The maximum atomic E-state index is 12.3. The molecule has 5 heteroatoms. The van der Waals surface area contributed by atoms with E-state index in [0.717, 1.165) is 0 Å². The molecule has 0 bridgehead atoms. The first-order chi connectivity index (χ1) is 9.61. The van der Waals surface area contributed by atoms with Crippen molar-refractivity contribution in [2.24, 2.45) is 17.8 Å². The lowest BCUT2D eigenvalue weighted by atomic mass is 9.97. The average Bonchev–Trinajstić information content (AvgIpc) is 2.93. The fourth-order valence-corrected chi connectivity index (χ4v) is 2.43. The number of carbonyl (C=O) groups excluding carboxylic acids is 3. The predicted molar refractivity (Wildman–Crippen MR) is 69.2 cm³/mol. The van der Waals surface area contributed by atoms with Crippen LogP contribution in [0.4, 0.5) is 0 Å². The molecule has 0 aromatic carbocycles. The Bertz CT molecular complexity index is 373. The van der Waals surface area contributed by atoms with Crippen molar-refractivity contribution < 1.29 is 23.9 Å². The molecule has 0 aromatic heterocycles. The molecule has 0 aliphatic heterocycles. The fourth-order valence-electron chi connectivity index (χ4n) is 2.43. The molecule has 0 heterocycles. The normalized spacial score (nSPS) is 29.0. The Kier molecular flexibility index (Phi) is 4.78. The van der Waals surface area contributed by atoms with Crippen molar-refractivity contribution in [3.8, 4) is 0 Å². The van der Waals surface area contributed by atoms with Gasteiger partial charge in [0.05, 0.1) is 25.0 Å². The van der Waals surface area contributed by atoms with Gasteiger partial charge in [0.2, 0.25) is 0 Å². The Morgan fingerprint density at radius 3 is 1.75 bits per heavy atom. The van der Waals surface area contributed by atoms with Gasteiger partial charge in [0, 0.05) is 11.8 Å². The van der Waals surface area contributed by atoms with Gasteiger partial charge in [-0.2, -0.15) is 0 Å². The molecule has 2 saturated carbocycles. The summed E-state index contributed by atoms with van der Waals surface area (Å²) in [6.07, 6.45) is 6.83. The Morgan fingerprint density at radius 2 is 1.35 bits per heavy atom. The SMILES string of the molecule is CCOC(=O)[C@@H]1C(C(=O)[C]2[CH][CH][CH][CH]2)[C@H]1C(=O)OCC. The van der Waals surface area contributed by atoms with Crippen LogP contribution < -0.4 is 0 Å². The summed E-state index contributed by atoms with van der Waals surface area (Å²) in [4.78, 5) is 35.9. The summed E-state index contributed by atoms with van der Waals surface area (Å²) in [6.45, 7) is 3.83. The lowest BCUT2D eigenvalue weighted by Gasteiger charge is -2.05. The molecule has 2 aliphatic carbocycles. The van der Waals surface area contributed by atoms with Crippen molar-refractivity contribution in [3.05, 3.63) is 31.6 Å². The zero-order valence-corrected chi connectivity index (χ0v) is 11.5. The van der Waals surface area contributed by atoms with Gasteiger partial charge in [-0.25, -0.2) is 0 Å². The molecular weight excluding hydrogens is 260 g/mol. The second-order valence-electron chi connectivity index (χ2n) is 4.62. The maximum absolute atomic E-state index is 12.3. The van der Waals surface area contributed by atoms with Crippen molar-refractivity contribution in [2.75, 3.05) is 13.2 Å². The van der Waals surface area contributed by atoms with Gasteiger partial charge >= 0.3 is 11.9 Å². The van der Waals surface area contributed by atoms with Crippen LogP contribution in [0.2, 0.25) is 0 Å². The van der Waals surface area contributed by atoms with E-state index in [9.17, 15) is 14.4 Å². The summed E-state index contributed by atoms with van der Waals surface area (Å²) in [5.41, 5.74) is 0. The molecule has 0 saturated heterocycles. The zero-order valence-electron chi connectivity index (χ0n) is 11.5. The van der Waals surface area contributed by atoms with Crippen molar-refractivity contribution >= 4 is 17.7 Å². The van der Waals surface area contributed by atoms with E-state index in [0.29, 0.717) is 5.92 Å². The van der Waals surface area contributed by atoms with E-state index in [1.807, 2.05) is 0 Å². The van der Waals surface area contributed by atoms with Crippen molar-refractivity contribution in [1.82, 2.24) is 0 Å². The third-order valence-corrected chi connectivity index (χ3v) is 3.39. The molecule has 0 amide bonds. The monoisotopic (exact) mass is 277 g/mol. The molecule has 0 spiro atoms. The van der Waals surface area contributed by atoms with Gasteiger partial charge in [-0.05, 0) is 39.5 Å². The van der Waals surface area contributed by atoms with Gasteiger partial charge in [0.1, 0.15) is 5.78 Å². The van der Waals surface area contributed by atoms with Crippen molar-refractivity contribution in [3.63, 3.8) is 0 Å². The van der Waals surface area contributed by atoms with Crippen LogP contribution >= 0.6 is 0 Å². The first-order valence-electron chi connectivity index (χ1n) is 6.71.